The van der Waals surface area contributed by atoms with Gasteiger partial charge in [0.1, 0.15) is 5.69 Å². The number of aryl methyl sites for hydroxylation is 2. The molecule has 0 saturated carbocycles. The summed E-state index contributed by atoms with van der Waals surface area (Å²) < 4.78 is 1.99. The molecule has 1 aromatic heterocycles. The molecule has 106 valence electrons. The normalized spacial score (nSPS) is 14.4. The van der Waals surface area contributed by atoms with Crippen LogP contribution in [0.3, 0.4) is 0 Å². The molecule has 1 N–H and O–H groups in total. The summed E-state index contributed by atoms with van der Waals surface area (Å²) in [5.41, 5.74) is 7.76. The molecule has 4 rings (SSSR count). The summed E-state index contributed by atoms with van der Waals surface area (Å²) >= 11 is 0. The Balaban J connectivity index is 2.01. The summed E-state index contributed by atoms with van der Waals surface area (Å²) in [4.78, 5) is 0. The maximum absolute atomic E-state index is 4.81. The standard InChI is InChI=1S/C18H19N3/c1-12-6-7-17-16(10-12)18(20-21(17)2)15-5-3-4-13-11-19-9-8-14(13)15/h3-7,10,19H,8-9,11H2,1-2H3. The van der Waals surface area contributed by atoms with Gasteiger partial charge in [0.25, 0.3) is 0 Å². The molecular weight excluding hydrogens is 258 g/mol. The molecule has 0 bridgehead atoms. The van der Waals surface area contributed by atoms with Crippen LogP contribution in [-0.4, -0.2) is 16.3 Å². The summed E-state index contributed by atoms with van der Waals surface area (Å²) in [6, 6.07) is 13.2. The van der Waals surface area contributed by atoms with Gasteiger partial charge in [-0.05, 0) is 43.1 Å². The minimum Gasteiger partial charge on any atom is -0.312 e. The third-order valence-electron chi connectivity index (χ3n) is 4.40. The minimum atomic E-state index is 0.965. The van der Waals surface area contributed by atoms with Crippen molar-refractivity contribution in [3.05, 3.63) is 53.1 Å². The van der Waals surface area contributed by atoms with Gasteiger partial charge in [-0.3, -0.25) is 4.68 Å². The number of hydrogen-bond acceptors (Lipinski definition) is 2. The van der Waals surface area contributed by atoms with Gasteiger partial charge in [-0.2, -0.15) is 5.10 Å². The van der Waals surface area contributed by atoms with E-state index in [0.717, 1.165) is 25.2 Å². The Bertz CT molecular complexity index is 830. The maximum Gasteiger partial charge on any atom is 0.100 e. The fourth-order valence-corrected chi connectivity index (χ4v) is 3.33. The van der Waals surface area contributed by atoms with Crippen molar-refractivity contribution in [2.24, 2.45) is 7.05 Å². The van der Waals surface area contributed by atoms with Crippen LogP contribution in [0.25, 0.3) is 22.2 Å². The van der Waals surface area contributed by atoms with E-state index in [2.05, 4.69) is 48.6 Å². The van der Waals surface area contributed by atoms with Crippen molar-refractivity contribution < 1.29 is 0 Å². The van der Waals surface area contributed by atoms with Gasteiger partial charge in [-0.1, -0.05) is 29.8 Å². The highest BCUT2D eigenvalue weighted by molar-refractivity contribution is 5.94. The highest BCUT2D eigenvalue weighted by Crippen LogP contribution is 2.33. The van der Waals surface area contributed by atoms with Crippen LogP contribution in [0.15, 0.2) is 36.4 Å². The molecule has 0 unspecified atom stereocenters. The summed E-state index contributed by atoms with van der Waals surface area (Å²) in [5.74, 6) is 0. The van der Waals surface area contributed by atoms with Crippen LogP contribution in [0.1, 0.15) is 16.7 Å². The lowest BCUT2D eigenvalue weighted by atomic mass is 9.92. The fraction of sp³-hybridized carbons (Fsp3) is 0.278. The van der Waals surface area contributed by atoms with Crippen LogP contribution < -0.4 is 5.32 Å². The second-order valence-corrected chi connectivity index (χ2v) is 5.86. The Morgan fingerprint density at radius 3 is 3.00 bits per heavy atom. The Morgan fingerprint density at radius 2 is 2.10 bits per heavy atom. The highest BCUT2D eigenvalue weighted by atomic mass is 15.3. The third-order valence-corrected chi connectivity index (χ3v) is 4.40. The van der Waals surface area contributed by atoms with Gasteiger partial charge in [-0.25, -0.2) is 0 Å². The van der Waals surface area contributed by atoms with Gasteiger partial charge < -0.3 is 5.32 Å². The molecule has 2 heterocycles. The molecule has 1 aliphatic rings. The molecule has 2 aromatic carbocycles. The van der Waals surface area contributed by atoms with E-state index in [1.807, 2.05) is 11.7 Å². The summed E-state index contributed by atoms with van der Waals surface area (Å²) in [5, 5.41) is 9.51. The first-order valence-corrected chi connectivity index (χ1v) is 7.49. The quantitative estimate of drug-likeness (QED) is 0.740. The zero-order chi connectivity index (χ0) is 14.4. The van der Waals surface area contributed by atoms with E-state index in [4.69, 9.17) is 5.10 Å². The molecule has 21 heavy (non-hydrogen) atoms. The number of fused-ring (bicyclic) bond motifs is 2. The van der Waals surface area contributed by atoms with E-state index in [0.29, 0.717) is 0 Å². The van der Waals surface area contributed by atoms with Crippen molar-refractivity contribution in [2.45, 2.75) is 19.9 Å². The number of nitrogens with zero attached hydrogens (tertiary/aromatic N) is 2. The number of benzene rings is 2. The van der Waals surface area contributed by atoms with Crippen LogP contribution in [-0.2, 0) is 20.0 Å². The summed E-state index contributed by atoms with van der Waals surface area (Å²) in [6.07, 6.45) is 1.08. The lowest BCUT2D eigenvalue weighted by Crippen LogP contribution is -2.24. The molecule has 0 fully saturated rings. The van der Waals surface area contributed by atoms with Crippen LogP contribution in [0.5, 0.6) is 0 Å². The first kappa shape index (κ1) is 12.6. The first-order chi connectivity index (χ1) is 10.2. The predicted octanol–water partition coefficient (Wildman–Crippen LogP) is 3.19. The van der Waals surface area contributed by atoms with Crippen molar-refractivity contribution in [3.63, 3.8) is 0 Å². The molecule has 0 spiro atoms. The summed E-state index contributed by atoms with van der Waals surface area (Å²) in [7, 11) is 2.03. The monoisotopic (exact) mass is 277 g/mol. The van der Waals surface area contributed by atoms with E-state index < -0.39 is 0 Å². The Morgan fingerprint density at radius 1 is 1.19 bits per heavy atom. The molecule has 0 atom stereocenters. The van der Waals surface area contributed by atoms with E-state index in [1.165, 1.54) is 33.2 Å². The van der Waals surface area contributed by atoms with Crippen molar-refractivity contribution >= 4 is 10.9 Å². The van der Waals surface area contributed by atoms with Crippen molar-refractivity contribution in [1.82, 2.24) is 15.1 Å². The molecule has 0 amide bonds. The second-order valence-electron chi connectivity index (χ2n) is 5.86. The predicted molar refractivity (Wildman–Crippen MR) is 86.3 cm³/mol. The molecular formula is C18H19N3. The van der Waals surface area contributed by atoms with Gasteiger partial charge >= 0.3 is 0 Å². The Labute approximate surface area is 124 Å². The van der Waals surface area contributed by atoms with Gasteiger partial charge in [0.05, 0.1) is 5.52 Å². The zero-order valence-corrected chi connectivity index (χ0v) is 12.5. The van der Waals surface area contributed by atoms with Crippen LogP contribution in [0.2, 0.25) is 0 Å². The van der Waals surface area contributed by atoms with Gasteiger partial charge in [0.2, 0.25) is 0 Å². The van der Waals surface area contributed by atoms with E-state index in [-0.39, 0.29) is 0 Å². The van der Waals surface area contributed by atoms with E-state index in [1.54, 1.807) is 0 Å². The number of aromatic nitrogens is 2. The molecule has 3 aromatic rings. The number of nitrogens with one attached hydrogen (secondary N) is 1. The lowest BCUT2D eigenvalue weighted by molar-refractivity contribution is 0.644. The Hall–Kier alpha value is -2.13. The molecule has 0 aliphatic carbocycles. The third kappa shape index (κ3) is 1.96. The van der Waals surface area contributed by atoms with Gasteiger partial charge in [0, 0.05) is 24.5 Å². The van der Waals surface area contributed by atoms with Crippen molar-refractivity contribution in [2.75, 3.05) is 6.54 Å². The molecule has 0 radical (unpaired) electrons. The van der Waals surface area contributed by atoms with Crippen molar-refractivity contribution in [3.8, 4) is 11.3 Å². The molecule has 3 nitrogen and oxygen atoms in total. The maximum atomic E-state index is 4.81. The Kier molecular flexibility index (Phi) is 2.82. The van der Waals surface area contributed by atoms with Gasteiger partial charge in [-0.15, -0.1) is 0 Å². The highest BCUT2D eigenvalue weighted by Gasteiger charge is 2.18. The molecule has 1 aliphatic heterocycles. The van der Waals surface area contributed by atoms with Crippen LogP contribution in [0, 0.1) is 6.92 Å². The average molecular weight is 277 g/mol. The lowest BCUT2D eigenvalue weighted by Gasteiger charge is -2.19. The van der Waals surface area contributed by atoms with Gasteiger partial charge in [0.15, 0.2) is 0 Å². The average Bonchev–Trinajstić information content (AvgIpc) is 2.83. The van der Waals surface area contributed by atoms with E-state index >= 15 is 0 Å². The van der Waals surface area contributed by atoms with Crippen LogP contribution >= 0.6 is 0 Å². The smallest absolute Gasteiger partial charge is 0.100 e. The minimum absolute atomic E-state index is 0.965. The topological polar surface area (TPSA) is 29.9 Å². The number of rotatable bonds is 1. The molecule has 3 heteroatoms. The fourth-order valence-electron chi connectivity index (χ4n) is 3.33. The van der Waals surface area contributed by atoms with E-state index in [9.17, 15) is 0 Å². The van der Waals surface area contributed by atoms with Crippen LogP contribution in [0.4, 0.5) is 0 Å². The number of hydrogen-bond donors (Lipinski definition) is 1. The zero-order valence-electron chi connectivity index (χ0n) is 12.5. The second kappa shape index (κ2) is 4.71. The SMILES string of the molecule is Cc1ccc2c(c1)c(-c1cccc3c1CCNC3)nn2C. The van der Waals surface area contributed by atoms with Crippen molar-refractivity contribution in [1.29, 1.82) is 0 Å². The largest absolute Gasteiger partial charge is 0.312 e. The summed E-state index contributed by atoms with van der Waals surface area (Å²) in [6.45, 7) is 4.15. The molecule has 0 saturated heterocycles. The first-order valence-electron chi connectivity index (χ1n) is 7.49.